The van der Waals surface area contributed by atoms with Crippen LogP contribution in [0.15, 0.2) is 52.6 Å². The molecule has 0 saturated carbocycles. The van der Waals surface area contributed by atoms with Crippen LogP contribution in [0.1, 0.15) is 32.7 Å². The lowest BCUT2D eigenvalue weighted by molar-refractivity contribution is 0.0702. The molecule has 1 atom stereocenters. The zero-order valence-electron chi connectivity index (χ0n) is 19.0. The number of aromatic amines is 1. The number of nitrogen functional groups attached to an aromatic ring is 1. The number of carbonyl (C=O) groups is 1. The summed E-state index contributed by atoms with van der Waals surface area (Å²) < 4.78 is 26.7. The Balaban J connectivity index is 1.85. The number of amidine groups is 1. The van der Waals surface area contributed by atoms with E-state index in [2.05, 4.69) is 15.4 Å². The molecule has 0 amide bonds. The number of hydrogen-bond donors (Lipinski definition) is 5. The fourth-order valence-corrected chi connectivity index (χ4v) is 4.27. The highest BCUT2D eigenvalue weighted by Gasteiger charge is 2.26. The quantitative estimate of drug-likeness (QED) is 0.168. The van der Waals surface area contributed by atoms with Crippen LogP contribution < -0.4 is 26.2 Å². The lowest BCUT2D eigenvalue weighted by Gasteiger charge is -2.20. The van der Waals surface area contributed by atoms with Crippen molar-refractivity contribution in [1.82, 2.24) is 14.8 Å². The van der Waals surface area contributed by atoms with Gasteiger partial charge in [0.05, 0.1) is 19.9 Å². The van der Waals surface area contributed by atoms with Gasteiger partial charge in [-0.15, -0.1) is 16.4 Å². The van der Waals surface area contributed by atoms with Gasteiger partial charge in [-0.3, -0.25) is 10.4 Å². The molecule has 13 heteroatoms. The maximum Gasteiger partial charge on any atom is 0.348 e. The molecule has 0 bridgehead atoms. The first-order chi connectivity index (χ1) is 17.2. The standard InChI is InChI=1S/C23H21FN6O5S/c1-34-16-9-13(14(24)10-17(16)35-2)18(27-12-5-3-11(4-6-12)20(25)26)21-28-23(33)30(29-21)15-7-8-36-19(15)22(31)32/h3-10,18,27H,1-2H3,(H3,25,26)(H,31,32)(H,28,29,33). The van der Waals surface area contributed by atoms with Crippen molar-refractivity contribution in [2.75, 3.05) is 19.5 Å². The van der Waals surface area contributed by atoms with Gasteiger partial charge in [0.25, 0.3) is 0 Å². The van der Waals surface area contributed by atoms with E-state index in [1.165, 1.54) is 31.7 Å². The number of H-pyrrole nitrogens is 1. The molecule has 2 heterocycles. The number of aromatic nitrogens is 3. The second kappa shape index (κ2) is 9.92. The molecule has 4 aromatic rings. The van der Waals surface area contributed by atoms with Crippen molar-refractivity contribution in [3.8, 4) is 17.2 Å². The highest BCUT2D eigenvalue weighted by molar-refractivity contribution is 7.12. The average Bonchev–Trinajstić information content (AvgIpc) is 3.49. The highest BCUT2D eigenvalue weighted by atomic mass is 32.1. The van der Waals surface area contributed by atoms with E-state index in [1.54, 1.807) is 24.3 Å². The molecule has 0 aliphatic carbocycles. The normalized spacial score (nSPS) is 11.6. The number of anilines is 1. The molecule has 0 fully saturated rings. The zero-order chi connectivity index (χ0) is 26.0. The number of carboxylic acid groups (broad SMARTS) is 1. The van der Waals surface area contributed by atoms with Gasteiger partial charge in [-0.2, -0.15) is 4.68 Å². The maximum absolute atomic E-state index is 15.3. The van der Waals surface area contributed by atoms with E-state index in [-0.39, 0.29) is 39.3 Å². The molecule has 4 rings (SSSR count). The molecule has 2 aromatic carbocycles. The summed E-state index contributed by atoms with van der Waals surface area (Å²) in [6.07, 6.45) is 0. The van der Waals surface area contributed by atoms with Gasteiger partial charge < -0.3 is 25.6 Å². The molecule has 36 heavy (non-hydrogen) atoms. The largest absolute Gasteiger partial charge is 0.493 e. The number of benzene rings is 2. The van der Waals surface area contributed by atoms with E-state index in [9.17, 15) is 14.7 Å². The van der Waals surface area contributed by atoms with Crippen molar-refractivity contribution in [2.45, 2.75) is 6.04 Å². The lowest BCUT2D eigenvalue weighted by Crippen LogP contribution is -2.17. The van der Waals surface area contributed by atoms with Crippen LogP contribution >= 0.6 is 11.3 Å². The van der Waals surface area contributed by atoms with Gasteiger partial charge in [-0.25, -0.2) is 14.0 Å². The van der Waals surface area contributed by atoms with Gasteiger partial charge in [0.2, 0.25) is 0 Å². The van der Waals surface area contributed by atoms with Crippen LogP contribution in [-0.2, 0) is 0 Å². The van der Waals surface area contributed by atoms with E-state index >= 15 is 4.39 Å². The summed E-state index contributed by atoms with van der Waals surface area (Å²) >= 11 is 0.946. The van der Waals surface area contributed by atoms with E-state index in [1.807, 2.05) is 0 Å². The van der Waals surface area contributed by atoms with E-state index in [0.29, 0.717) is 11.3 Å². The zero-order valence-corrected chi connectivity index (χ0v) is 19.9. The molecular weight excluding hydrogens is 491 g/mol. The number of nitrogens with one attached hydrogen (secondary N) is 3. The van der Waals surface area contributed by atoms with Crippen molar-refractivity contribution >= 4 is 28.8 Å². The Bertz CT molecular complexity index is 1490. The molecule has 0 aliphatic heterocycles. The third kappa shape index (κ3) is 4.63. The first kappa shape index (κ1) is 24.5. The molecule has 186 valence electrons. The minimum atomic E-state index is -1.21. The number of thiophene rings is 1. The Morgan fingerprint density at radius 3 is 2.50 bits per heavy atom. The SMILES string of the molecule is COc1cc(F)c(C(Nc2ccc(C(=N)N)cc2)c2nn(-c3ccsc3C(=O)O)c(=O)[nH]2)cc1OC. The Morgan fingerprint density at radius 2 is 1.89 bits per heavy atom. The fourth-order valence-electron chi connectivity index (χ4n) is 3.56. The molecule has 11 nitrogen and oxygen atoms in total. The van der Waals surface area contributed by atoms with Gasteiger partial charge in [0, 0.05) is 22.9 Å². The third-order valence-corrected chi connectivity index (χ3v) is 6.19. The summed E-state index contributed by atoms with van der Waals surface area (Å²) in [5, 5.41) is 25.9. The van der Waals surface area contributed by atoms with Crippen molar-refractivity contribution in [3.05, 3.63) is 86.0 Å². The number of rotatable bonds is 9. The van der Waals surface area contributed by atoms with Crippen LogP contribution in [0.2, 0.25) is 0 Å². The molecule has 0 aliphatic rings. The lowest BCUT2D eigenvalue weighted by atomic mass is 10.0. The summed E-state index contributed by atoms with van der Waals surface area (Å²) in [5.41, 5.74) is 5.98. The molecule has 0 spiro atoms. The van der Waals surface area contributed by atoms with Crippen LogP contribution in [-0.4, -0.2) is 45.9 Å². The fraction of sp³-hybridized carbons (Fsp3) is 0.130. The van der Waals surface area contributed by atoms with Crippen molar-refractivity contribution in [3.63, 3.8) is 0 Å². The van der Waals surface area contributed by atoms with Crippen molar-refractivity contribution < 1.29 is 23.8 Å². The van der Waals surface area contributed by atoms with Crippen LogP contribution in [0.25, 0.3) is 5.69 Å². The second-order valence-corrected chi connectivity index (χ2v) is 8.38. The number of ether oxygens (including phenoxy) is 2. The van der Waals surface area contributed by atoms with Gasteiger partial charge in [0.15, 0.2) is 17.3 Å². The van der Waals surface area contributed by atoms with Gasteiger partial charge in [-0.1, -0.05) is 0 Å². The number of carboxylic acids is 1. The Hall–Kier alpha value is -4.65. The topological polar surface area (TPSA) is 168 Å². The van der Waals surface area contributed by atoms with E-state index in [4.69, 9.17) is 20.6 Å². The molecule has 6 N–H and O–H groups in total. The van der Waals surface area contributed by atoms with Crippen LogP contribution in [0, 0.1) is 11.2 Å². The molecule has 0 saturated heterocycles. The van der Waals surface area contributed by atoms with E-state index < -0.39 is 23.5 Å². The Morgan fingerprint density at radius 1 is 1.22 bits per heavy atom. The minimum Gasteiger partial charge on any atom is -0.493 e. The second-order valence-electron chi connectivity index (χ2n) is 7.46. The average molecular weight is 513 g/mol. The number of aromatic carboxylic acids is 1. The number of nitrogens with two attached hydrogens (primary N) is 1. The summed E-state index contributed by atoms with van der Waals surface area (Å²) in [5.74, 6) is -1.54. The minimum absolute atomic E-state index is 0.0179. The van der Waals surface area contributed by atoms with Crippen molar-refractivity contribution in [2.24, 2.45) is 5.73 Å². The summed E-state index contributed by atoms with van der Waals surface area (Å²) in [6, 6.07) is 9.49. The van der Waals surface area contributed by atoms with Crippen LogP contribution in [0.4, 0.5) is 10.1 Å². The summed E-state index contributed by atoms with van der Waals surface area (Å²) in [7, 11) is 2.78. The number of nitrogens with zero attached hydrogens (tertiary/aromatic N) is 2. The van der Waals surface area contributed by atoms with Crippen LogP contribution in [0.3, 0.4) is 0 Å². The summed E-state index contributed by atoms with van der Waals surface area (Å²) in [6.45, 7) is 0. The highest BCUT2D eigenvalue weighted by Crippen LogP contribution is 2.35. The Labute approximate surface area is 207 Å². The van der Waals surface area contributed by atoms with Gasteiger partial charge in [0.1, 0.15) is 22.6 Å². The first-order valence-corrected chi connectivity index (χ1v) is 11.2. The smallest absolute Gasteiger partial charge is 0.348 e. The third-order valence-electron chi connectivity index (χ3n) is 5.30. The number of methoxy groups -OCH3 is 2. The molecule has 0 radical (unpaired) electrons. The first-order valence-electron chi connectivity index (χ1n) is 10.4. The summed E-state index contributed by atoms with van der Waals surface area (Å²) in [4.78, 5) is 26.9. The monoisotopic (exact) mass is 512 g/mol. The molecule has 2 aromatic heterocycles. The van der Waals surface area contributed by atoms with Gasteiger partial charge >= 0.3 is 11.7 Å². The predicted octanol–water partition coefficient (Wildman–Crippen LogP) is 2.96. The van der Waals surface area contributed by atoms with Gasteiger partial charge in [-0.05, 0) is 41.8 Å². The molecule has 1 unspecified atom stereocenters. The van der Waals surface area contributed by atoms with Crippen molar-refractivity contribution in [1.29, 1.82) is 5.41 Å². The molecular formula is C23H21FN6O5S. The van der Waals surface area contributed by atoms with Crippen LogP contribution in [0.5, 0.6) is 11.5 Å². The predicted molar refractivity (Wildman–Crippen MR) is 131 cm³/mol. The number of halogens is 1. The number of hydrogen-bond acceptors (Lipinski definition) is 8. The maximum atomic E-state index is 15.3. The Kier molecular flexibility index (Phi) is 6.74. The van der Waals surface area contributed by atoms with E-state index in [0.717, 1.165) is 22.1 Å².